The number of Topliss-reactive ketones (excluding diaryl/α,β-unsaturated/α-hetero) is 1. The van der Waals surface area contributed by atoms with Crippen molar-refractivity contribution in [2.24, 2.45) is 5.92 Å². The number of carbonyl (C=O) groups is 1. The topological polar surface area (TPSA) is 44.1 Å². The quantitative estimate of drug-likeness (QED) is 0.858. The average Bonchev–Trinajstić information content (AvgIpc) is 2.42. The molecule has 1 fully saturated rings. The molecule has 3 nitrogen and oxygen atoms in total. The van der Waals surface area contributed by atoms with Gasteiger partial charge in [-0.25, -0.2) is 0 Å². The molecule has 0 radical (unpaired) electrons. The molecule has 1 aliphatic carbocycles. The van der Waals surface area contributed by atoms with Crippen LogP contribution in [0.3, 0.4) is 0 Å². The van der Waals surface area contributed by atoms with E-state index in [1.54, 1.807) is 0 Å². The number of hydrogen-bond donors (Lipinski definition) is 0. The molecule has 0 amide bonds. The van der Waals surface area contributed by atoms with Crippen LogP contribution in [0, 0.1) is 17.2 Å². The Balaban J connectivity index is 0.00000200. The lowest BCUT2D eigenvalue weighted by Crippen LogP contribution is -2.34. The predicted molar refractivity (Wildman–Crippen MR) is 81.8 cm³/mol. The molecule has 0 spiro atoms. The Morgan fingerprint density at radius 2 is 1.90 bits per heavy atom. The summed E-state index contributed by atoms with van der Waals surface area (Å²) in [5.74, 6) is 0.478. The molecule has 0 aliphatic heterocycles. The van der Waals surface area contributed by atoms with Crippen molar-refractivity contribution < 1.29 is 4.79 Å². The lowest BCUT2D eigenvalue weighted by molar-refractivity contribution is -0.126. The maximum atomic E-state index is 12.2. The Kier molecular flexibility index (Phi) is 6.19. The minimum atomic E-state index is 0. The Morgan fingerprint density at radius 3 is 2.40 bits per heavy atom. The van der Waals surface area contributed by atoms with Crippen LogP contribution in [-0.2, 0) is 4.79 Å². The summed E-state index contributed by atoms with van der Waals surface area (Å²) >= 11 is 0. The lowest BCUT2D eigenvalue weighted by atomic mass is 9.79. The summed E-state index contributed by atoms with van der Waals surface area (Å²) in [6.45, 7) is 0. The molecule has 1 saturated carbocycles. The summed E-state index contributed by atoms with van der Waals surface area (Å²) in [6, 6.07) is 9.88. The third kappa shape index (κ3) is 3.59. The first kappa shape index (κ1) is 16.7. The highest BCUT2D eigenvalue weighted by molar-refractivity contribution is 5.85. The van der Waals surface area contributed by atoms with Crippen LogP contribution in [-0.4, -0.2) is 24.8 Å². The van der Waals surface area contributed by atoms with Crippen molar-refractivity contribution in [2.45, 2.75) is 31.7 Å². The number of hydrogen-bond acceptors (Lipinski definition) is 3. The standard InChI is InChI=1S/C16H20N2O.ClH/c1-18(2)16(14-5-3-4-6-15(14)19)13-9-7-12(11-17)8-10-13;/h7-10,14,16H,3-6H2,1-2H3;1H. The molecule has 1 aliphatic rings. The molecule has 1 aromatic carbocycles. The van der Waals surface area contributed by atoms with Crippen LogP contribution < -0.4 is 0 Å². The molecule has 0 bridgehead atoms. The number of nitrogens with zero attached hydrogens (tertiary/aromatic N) is 2. The number of ketones is 1. The van der Waals surface area contributed by atoms with E-state index in [1.165, 1.54) is 0 Å². The van der Waals surface area contributed by atoms with E-state index in [1.807, 2.05) is 38.4 Å². The van der Waals surface area contributed by atoms with E-state index in [2.05, 4.69) is 11.0 Å². The van der Waals surface area contributed by atoms with Gasteiger partial charge in [-0.15, -0.1) is 12.4 Å². The fourth-order valence-corrected chi connectivity index (χ4v) is 2.99. The Morgan fingerprint density at radius 1 is 1.25 bits per heavy atom. The van der Waals surface area contributed by atoms with Crippen LogP contribution in [0.2, 0.25) is 0 Å². The fourth-order valence-electron chi connectivity index (χ4n) is 2.99. The van der Waals surface area contributed by atoms with Gasteiger partial charge in [0.25, 0.3) is 0 Å². The molecule has 2 rings (SSSR count). The number of nitriles is 1. The minimum Gasteiger partial charge on any atom is -0.302 e. The molecular formula is C16H21ClN2O. The summed E-state index contributed by atoms with van der Waals surface area (Å²) in [7, 11) is 4.04. The van der Waals surface area contributed by atoms with Crippen molar-refractivity contribution in [3.63, 3.8) is 0 Å². The van der Waals surface area contributed by atoms with Crippen LogP contribution >= 0.6 is 12.4 Å². The monoisotopic (exact) mass is 292 g/mol. The van der Waals surface area contributed by atoms with E-state index in [0.29, 0.717) is 17.8 Å². The van der Waals surface area contributed by atoms with Gasteiger partial charge in [0.1, 0.15) is 5.78 Å². The second-order valence-electron chi connectivity index (χ2n) is 5.46. The van der Waals surface area contributed by atoms with Gasteiger partial charge in [0.2, 0.25) is 0 Å². The molecule has 0 aromatic heterocycles. The summed E-state index contributed by atoms with van der Waals surface area (Å²) < 4.78 is 0. The second kappa shape index (κ2) is 7.42. The molecule has 20 heavy (non-hydrogen) atoms. The lowest BCUT2D eigenvalue weighted by Gasteiger charge is -2.34. The van der Waals surface area contributed by atoms with Crippen molar-refractivity contribution in [3.05, 3.63) is 35.4 Å². The smallest absolute Gasteiger partial charge is 0.137 e. The van der Waals surface area contributed by atoms with Gasteiger partial charge in [0.05, 0.1) is 11.6 Å². The van der Waals surface area contributed by atoms with Gasteiger partial charge in [-0.2, -0.15) is 5.26 Å². The van der Waals surface area contributed by atoms with Gasteiger partial charge >= 0.3 is 0 Å². The zero-order valence-corrected chi connectivity index (χ0v) is 12.8. The van der Waals surface area contributed by atoms with Gasteiger partial charge in [-0.05, 0) is 44.6 Å². The van der Waals surface area contributed by atoms with E-state index in [-0.39, 0.29) is 24.4 Å². The first-order valence-electron chi connectivity index (χ1n) is 6.82. The number of benzene rings is 1. The number of rotatable bonds is 3. The highest BCUT2D eigenvalue weighted by atomic mass is 35.5. The third-order valence-electron chi connectivity index (χ3n) is 3.92. The summed E-state index contributed by atoms with van der Waals surface area (Å²) in [6.07, 6.45) is 3.85. The van der Waals surface area contributed by atoms with Gasteiger partial charge in [0.15, 0.2) is 0 Å². The summed E-state index contributed by atoms with van der Waals surface area (Å²) in [5.41, 5.74) is 1.79. The van der Waals surface area contributed by atoms with E-state index in [0.717, 1.165) is 24.8 Å². The molecule has 4 heteroatoms. The zero-order chi connectivity index (χ0) is 13.8. The molecular weight excluding hydrogens is 272 g/mol. The van der Waals surface area contributed by atoms with Crippen LogP contribution in [0.25, 0.3) is 0 Å². The minimum absolute atomic E-state index is 0. The summed E-state index contributed by atoms with van der Waals surface area (Å²) in [4.78, 5) is 14.3. The second-order valence-corrected chi connectivity index (χ2v) is 5.46. The Bertz CT molecular complexity index is 490. The largest absolute Gasteiger partial charge is 0.302 e. The normalized spacial score (nSPS) is 20.1. The maximum absolute atomic E-state index is 12.2. The molecule has 2 unspecified atom stereocenters. The fraction of sp³-hybridized carbons (Fsp3) is 0.500. The highest BCUT2D eigenvalue weighted by Crippen LogP contribution is 2.35. The van der Waals surface area contributed by atoms with Gasteiger partial charge in [0, 0.05) is 18.4 Å². The van der Waals surface area contributed by atoms with Crippen molar-refractivity contribution >= 4 is 18.2 Å². The van der Waals surface area contributed by atoms with Gasteiger partial charge in [-0.1, -0.05) is 18.6 Å². The predicted octanol–water partition coefficient (Wildman–Crippen LogP) is 3.34. The molecule has 1 aromatic rings. The first-order valence-corrected chi connectivity index (χ1v) is 6.82. The number of halogens is 1. The Hall–Kier alpha value is -1.37. The van der Waals surface area contributed by atoms with E-state index >= 15 is 0 Å². The molecule has 0 N–H and O–H groups in total. The van der Waals surface area contributed by atoms with Crippen LogP contribution in [0.5, 0.6) is 0 Å². The van der Waals surface area contributed by atoms with Crippen molar-refractivity contribution in [1.29, 1.82) is 5.26 Å². The third-order valence-corrected chi connectivity index (χ3v) is 3.92. The average molecular weight is 293 g/mol. The van der Waals surface area contributed by atoms with E-state index in [4.69, 9.17) is 5.26 Å². The highest BCUT2D eigenvalue weighted by Gasteiger charge is 2.32. The van der Waals surface area contributed by atoms with Crippen molar-refractivity contribution in [1.82, 2.24) is 4.90 Å². The SMILES string of the molecule is CN(C)C(c1ccc(C#N)cc1)C1CCCCC1=O.Cl. The maximum Gasteiger partial charge on any atom is 0.137 e. The molecule has 0 heterocycles. The summed E-state index contributed by atoms with van der Waals surface area (Å²) in [5, 5.41) is 8.85. The van der Waals surface area contributed by atoms with Crippen LogP contribution in [0.4, 0.5) is 0 Å². The zero-order valence-electron chi connectivity index (χ0n) is 12.0. The Labute approximate surface area is 127 Å². The van der Waals surface area contributed by atoms with Gasteiger partial charge < -0.3 is 4.90 Å². The molecule has 0 saturated heterocycles. The van der Waals surface area contributed by atoms with Crippen LogP contribution in [0.15, 0.2) is 24.3 Å². The van der Waals surface area contributed by atoms with Crippen molar-refractivity contribution in [2.75, 3.05) is 14.1 Å². The van der Waals surface area contributed by atoms with Gasteiger partial charge in [-0.3, -0.25) is 4.79 Å². The van der Waals surface area contributed by atoms with Crippen LogP contribution in [0.1, 0.15) is 42.9 Å². The van der Waals surface area contributed by atoms with E-state index < -0.39 is 0 Å². The molecule has 108 valence electrons. The molecule has 2 atom stereocenters. The first-order chi connectivity index (χ1) is 9.13. The number of carbonyl (C=O) groups excluding carboxylic acids is 1. The van der Waals surface area contributed by atoms with E-state index in [9.17, 15) is 4.79 Å². The van der Waals surface area contributed by atoms with Crippen molar-refractivity contribution in [3.8, 4) is 6.07 Å².